The molecule has 1 aromatic carbocycles. The molecule has 17 heavy (non-hydrogen) atoms. The lowest BCUT2D eigenvalue weighted by molar-refractivity contribution is -0.135. The summed E-state index contributed by atoms with van der Waals surface area (Å²) in [5, 5.41) is 0. The normalized spacial score (nSPS) is 12.2. The second-order valence-electron chi connectivity index (χ2n) is 4.55. The van der Waals surface area contributed by atoms with Crippen LogP contribution in [-0.2, 0) is 11.3 Å². The number of hydrogen-bond acceptors (Lipinski definition) is 1. The molecule has 1 rings (SSSR count). The molecule has 1 aromatic rings. The van der Waals surface area contributed by atoms with Crippen LogP contribution >= 0.6 is 0 Å². The number of amides is 1. The van der Waals surface area contributed by atoms with Gasteiger partial charge in [-0.25, -0.2) is 0 Å². The van der Waals surface area contributed by atoms with E-state index in [2.05, 4.69) is 26.0 Å². The highest BCUT2D eigenvalue weighted by Gasteiger charge is 2.18. The molecule has 0 aliphatic rings. The maximum atomic E-state index is 12.2. The third-order valence-corrected chi connectivity index (χ3v) is 3.06. The molecule has 2 nitrogen and oxygen atoms in total. The predicted octanol–water partition coefficient (Wildman–Crippen LogP) is 3.47. The van der Waals surface area contributed by atoms with Crippen LogP contribution in [0.1, 0.15) is 39.2 Å². The Hall–Kier alpha value is -1.31. The van der Waals surface area contributed by atoms with Crippen molar-refractivity contribution in [3.05, 3.63) is 35.9 Å². The molecule has 0 bridgehead atoms. The van der Waals surface area contributed by atoms with E-state index < -0.39 is 0 Å². The third kappa shape index (κ3) is 4.22. The van der Waals surface area contributed by atoms with Crippen LogP contribution in [0.15, 0.2) is 30.3 Å². The smallest absolute Gasteiger partial charge is 0.225 e. The van der Waals surface area contributed by atoms with Gasteiger partial charge in [-0.3, -0.25) is 4.79 Å². The Morgan fingerprint density at radius 2 is 1.88 bits per heavy atom. The zero-order valence-corrected chi connectivity index (χ0v) is 11.1. The Kier molecular flexibility index (Phi) is 5.75. The maximum absolute atomic E-state index is 12.2. The summed E-state index contributed by atoms with van der Waals surface area (Å²) in [5.41, 5.74) is 1.21. The lowest BCUT2D eigenvalue weighted by Crippen LogP contribution is -2.35. The highest BCUT2D eigenvalue weighted by molar-refractivity contribution is 5.78. The topological polar surface area (TPSA) is 20.3 Å². The van der Waals surface area contributed by atoms with Crippen molar-refractivity contribution in [2.24, 2.45) is 5.92 Å². The molecule has 94 valence electrons. The molecule has 0 saturated carbocycles. The van der Waals surface area contributed by atoms with E-state index in [0.29, 0.717) is 0 Å². The Morgan fingerprint density at radius 1 is 1.24 bits per heavy atom. The van der Waals surface area contributed by atoms with Crippen LogP contribution in [0, 0.1) is 5.92 Å². The second-order valence-corrected chi connectivity index (χ2v) is 4.55. The summed E-state index contributed by atoms with van der Waals surface area (Å²) in [6, 6.07) is 10.2. The van der Waals surface area contributed by atoms with E-state index >= 15 is 0 Å². The summed E-state index contributed by atoms with van der Waals surface area (Å²) >= 11 is 0. The minimum Gasteiger partial charge on any atom is -0.338 e. The Labute approximate surface area is 105 Å². The van der Waals surface area contributed by atoms with Gasteiger partial charge in [0.05, 0.1) is 0 Å². The van der Waals surface area contributed by atoms with Crippen LogP contribution in [0.4, 0.5) is 0 Å². The van der Waals surface area contributed by atoms with E-state index in [9.17, 15) is 4.79 Å². The van der Waals surface area contributed by atoms with Gasteiger partial charge in [0.2, 0.25) is 5.91 Å². The average molecular weight is 233 g/mol. The molecule has 0 aliphatic heterocycles. The first-order chi connectivity index (χ1) is 8.19. The number of benzene rings is 1. The fraction of sp³-hybridized carbons (Fsp3) is 0.533. The molecule has 0 radical (unpaired) electrons. The third-order valence-electron chi connectivity index (χ3n) is 3.06. The van der Waals surface area contributed by atoms with Gasteiger partial charge in [-0.15, -0.1) is 0 Å². The predicted molar refractivity (Wildman–Crippen MR) is 71.6 cm³/mol. The first-order valence-corrected chi connectivity index (χ1v) is 6.51. The van der Waals surface area contributed by atoms with Crippen molar-refractivity contribution in [1.29, 1.82) is 0 Å². The Bertz CT molecular complexity index is 334. The molecule has 0 aliphatic carbocycles. The summed E-state index contributed by atoms with van der Waals surface area (Å²) in [6.45, 7) is 7.77. The first kappa shape index (κ1) is 13.8. The highest BCUT2D eigenvalue weighted by atomic mass is 16.2. The molecule has 0 N–H and O–H groups in total. The van der Waals surface area contributed by atoms with Crippen molar-refractivity contribution in [2.45, 2.75) is 40.2 Å². The molecule has 0 heterocycles. The van der Waals surface area contributed by atoms with E-state index in [1.165, 1.54) is 5.56 Å². The number of carbonyl (C=O) groups excluding carboxylic acids is 1. The van der Waals surface area contributed by atoms with Crippen LogP contribution in [0.25, 0.3) is 0 Å². The first-order valence-electron chi connectivity index (χ1n) is 6.51. The van der Waals surface area contributed by atoms with Gasteiger partial charge in [0.1, 0.15) is 0 Å². The summed E-state index contributed by atoms with van der Waals surface area (Å²) in [5.74, 6) is 0.406. The molecule has 1 atom stereocenters. The van der Waals surface area contributed by atoms with Gasteiger partial charge in [-0.1, -0.05) is 51.1 Å². The summed E-state index contributed by atoms with van der Waals surface area (Å²) in [4.78, 5) is 14.2. The van der Waals surface area contributed by atoms with Crippen LogP contribution in [-0.4, -0.2) is 17.4 Å². The highest BCUT2D eigenvalue weighted by Crippen LogP contribution is 2.11. The largest absolute Gasteiger partial charge is 0.338 e. The number of nitrogens with zero attached hydrogens (tertiary/aromatic N) is 1. The maximum Gasteiger partial charge on any atom is 0.225 e. The lowest BCUT2D eigenvalue weighted by Gasteiger charge is -2.25. The number of hydrogen-bond donors (Lipinski definition) is 0. The standard InChI is InChI=1S/C15H23NO/c1-4-11-16(15(17)13(3)5-2)12-14-9-7-6-8-10-14/h6-10,13H,4-5,11-12H2,1-3H3. The van der Waals surface area contributed by atoms with E-state index in [4.69, 9.17) is 0 Å². The number of carbonyl (C=O) groups is 1. The van der Waals surface area contributed by atoms with Gasteiger partial charge in [0.15, 0.2) is 0 Å². The fourth-order valence-electron chi connectivity index (χ4n) is 1.83. The molecular weight excluding hydrogens is 210 g/mol. The van der Waals surface area contributed by atoms with Crippen molar-refractivity contribution in [3.8, 4) is 0 Å². The zero-order chi connectivity index (χ0) is 12.7. The minimum absolute atomic E-state index is 0.130. The Balaban J connectivity index is 2.69. The zero-order valence-electron chi connectivity index (χ0n) is 11.1. The minimum atomic E-state index is 0.130. The van der Waals surface area contributed by atoms with E-state index in [0.717, 1.165) is 25.9 Å². The van der Waals surface area contributed by atoms with Crippen molar-refractivity contribution in [3.63, 3.8) is 0 Å². The van der Waals surface area contributed by atoms with Gasteiger partial charge in [-0.2, -0.15) is 0 Å². The van der Waals surface area contributed by atoms with E-state index in [1.807, 2.05) is 30.0 Å². The lowest BCUT2D eigenvalue weighted by atomic mass is 10.1. The monoisotopic (exact) mass is 233 g/mol. The van der Waals surface area contributed by atoms with Crippen molar-refractivity contribution < 1.29 is 4.79 Å². The quantitative estimate of drug-likeness (QED) is 0.736. The summed E-state index contributed by atoms with van der Waals surface area (Å²) in [7, 11) is 0. The van der Waals surface area contributed by atoms with Crippen LogP contribution in [0.5, 0.6) is 0 Å². The molecule has 0 spiro atoms. The molecule has 0 saturated heterocycles. The van der Waals surface area contributed by atoms with Crippen LogP contribution in [0.2, 0.25) is 0 Å². The van der Waals surface area contributed by atoms with E-state index in [1.54, 1.807) is 0 Å². The van der Waals surface area contributed by atoms with Crippen molar-refractivity contribution >= 4 is 5.91 Å². The summed E-state index contributed by atoms with van der Waals surface area (Å²) in [6.07, 6.45) is 1.92. The van der Waals surface area contributed by atoms with Gasteiger partial charge in [0, 0.05) is 19.0 Å². The van der Waals surface area contributed by atoms with Gasteiger partial charge in [0.25, 0.3) is 0 Å². The van der Waals surface area contributed by atoms with Gasteiger partial charge < -0.3 is 4.90 Å². The van der Waals surface area contributed by atoms with Gasteiger partial charge >= 0.3 is 0 Å². The average Bonchev–Trinajstić information content (AvgIpc) is 2.37. The second kappa shape index (κ2) is 7.10. The molecule has 0 fully saturated rings. The molecule has 1 unspecified atom stereocenters. The van der Waals surface area contributed by atoms with Crippen LogP contribution < -0.4 is 0 Å². The molecule has 0 aromatic heterocycles. The summed E-state index contributed by atoms with van der Waals surface area (Å²) < 4.78 is 0. The van der Waals surface area contributed by atoms with Crippen LogP contribution in [0.3, 0.4) is 0 Å². The van der Waals surface area contributed by atoms with Gasteiger partial charge in [-0.05, 0) is 18.4 Å². The van der Waals surface area contributed by atoms with Crippen molar-refractivity contribution in [2.75, 3.05) is 6.54 Å². The number of rotatable bonds is 6. The molecule has 1 amide bonds. The van der Waals surface area contributed by atoms with Crippen molar-refractivity contribution in [1.82, 2.24) is 4.90 Å². The Morgan fingerprint density at radius 3 is 2.41 bits per heavy atom. The molecular formula is C15H23NO. The SMILES string of the molecule is CCCN(Cc1ccccc1)C(=O)C(C)CC. The fourth-order valence-corrected chi connectivity index (χ4v) is 1.83. The molecule has 2 heteroatoms. The van der Waals surface area contributed by atoms with E-state index in [-0.39, 0.29) is 11.8 Å².